The minimum atomic E-state index is -3.61. The van der Waals surface area contributed by atoms with Gasteiger partial charge in [-0.3, -0.25) is 4.18 Å². The fraction of sp³-hybridized carbons (Fsp3) is 0.500. The molecule has 1 aliphatic rings. The zero-order chi connectivity index (χ0) is 37.0. The van der Waals surface area contributed by atoms with E-state index in [0.29, 0.717) is 23.3 Å². The van der Waals surface area contributed by atoms with Crippen LogP contribution in [0.15, 0.2) is 60.7 Å². The Morgan fingerprint density at radius 3 is 2.36 bits per heavy atom. The third kappa shape index (κ3) is 13.6. The lowest BCUT2D eigenvalue weighted by atomic mass is 10.0. The van der Waals surface area contributed by atoms with Crippen LogP contribution in [0.1, 0.15) is 53.0 Å². The van der Waals surface area contributed by atoms with Crippen molar-refractivity contribution in [1.82, 2.24) is 0 Å². The van der Waals surface area contributed by atoms with E-state index in [4.69, 9.17) is 37.3 Å². The van der Waals surface area contributed by atoms with Gasteiger partial charge in [-0.1, -0.05) is 56.1 Å². The number of carbonyl (C=O) groups is 2. The monoisotopic (exact) mass is 734 g/mol. The highest BCUT2D eigenvalue weighted by molar-refractivity contribution is 7.85. The molecule has 1 saturated heterocycles. The van der Waals surface area contributed by atoms with Gasteiger partial charge in [-0.15, -0.1) is 0 Å². The predicted molar refractivity (Wildman–Crippen MR) is 192 cm³/mol. The molecule has 2 aromatic carbocycles. The number of esters is 2. The number of ether oxygens (including phenoxy) is 7. The van der Waals surface area contributed by atoms with Gasteiger partial charge in [0.25, 0.3) is 10.1 Å². The number of rotatable bonds is 19. The van der Waals surface area contributed by atoms with Gasteiger partial charge in [0.05, 0.1) is 38.2 Å². The summed E-state index contributed by atoms with van der Waals surface area (Å²) in [6.07, 6.45) is 6.20. The molecule has 0 amide bonds. The maximum Gasteiger partial charge on any atom is 0.342 e. The average molecular weight is 735 g/mol. The number of carbonyl (C=O) groups excluding carboxylic acids is 2. The van der Waals surface area contributed by atoms with Crippen molar-refractivity contribution in [3.8, 4) is 11.5 Å². The Kier molecular flexibility index (Phi) is 15.2. The van der Waals surface area contributed by atoms with Gasteiger partial charge in [0.1, 0.15) is 29.3 Å². The fourth-order valence-corrected chi connectivity index (χ4v) is 6.08. The molecule has 2 aromatic rings. The van der Waals surface area contributed by atoms with Crippen LogP contribution in [-0.2, 0) is 38.0 Å². The van der Waals surface area contributed by atoms with Crippen molar-refractivity contribution in [2.75, 3.05) is 40.5 Å². The second-order valence-corrected chi connectivity index (χ2v) is 20.6. The van der Waals surface area contributed by atoms with Crippen LogP contribution in [0.25, 0.3) is 6.08 Å². The first-order valence-electron chi connectivity index (χ1n) is 16.3. The molecular formula is C36H50O12SSi. The van der Waals surface area contributed by atoms with Gasteiger partial charge < -0.3 is 33.2 Å². The molecule has 2 unspecified atom stereocenters. The van der Waals surface area contributed by atoms with Crippen LogP contribution in [0.5, 0.6) is 11.5 Å². The summed E-state index contributed by atoms with van der Waals surface area (Å²) in [5.74, 6) is -1.40. The summed E-state index contributed by atoms with van der Waals surface area (Å²) >= 11 is 0. The van der Waals surface area contributed by atoms with Gasteiger partial charge in [-0.2, -0.15) is 8.42 Å². The van der Waals surface area contributed by atoms with Gasteiger partial charge >= 0.3 is 11.9 Å². The zero-order valence-corrected chi connectivity index (χ0v) is 31.9. The molecule has 0 aromatic heterocycles. The van der Waals surface area contributed by atoms with Gasteiger partial charge in [0.15, 0.2) is 12.6 Å². The van der Waals surface area contributed by atoms with E-state index in [-0.39, 0.29) is 37.7 Å². The Hall–Kier alpha value is -3.53. The Morgan fingerprint density at radius 2 is 1.72 bits per heavy atom. The van der Waals surface area contributed by atoms with E-state index < -0.39 is 54.2 Å². The number of methoxy groups -OCH3 is 2. The van der Waals surface area contributed by atoms with E-state index in [9.17, 15) is 18.0 Å². The van der Waals surface area contributed by atoms with Crippen molar-refractivity contribution in [2.24, 2.45) is 0 Å². The molecule has 0 spiro atoms. The van der Waals surface area contributed by atoms with Gasteiger partial charge in [-0.25, -0.2) is 9.59 Å². The molecule has 0 N–H and O–H groups in total. The van der Waals surface area contributed by atoms with Crippen molar-refractivity contribution in [3.63, 3.8) is 0 Å². The molecule has 0 bridgehead atoms. The molecule has 0 radical (unpaired) electrons. The maximum atomic E-state index is 13.5. The summed E-state index contributed by atoms with van der Waals surface area (Å²) in [4.78, 5) is 26.6. The van der Waals surface area contributed by atoms with Crippen LogP contribution in [0.4, 0.5) is 0 Å². The summed E-state index contributed by atoms with van der Waals surface area (Å²) in [7, 11) is -2.06. The summed E-state index contributed by atoms with van der Waals surface area (Å²) in [5, 5.41) is 0. The van der Waals surface area contributed by atoms with Gasteiger partial charge in [0.2, 0.25) is 0 Å². The largest absolute Gasteiger partial charge is 0.497 e. The first-order chi connectivity index (χ1) is 23.5. The van der Waals surface area contributed by atoms with Crippen molar-refractivity contribution in [3.05, 3.63) is 77.4 Å². The lowest BCUT2D eigenvalue weighted by Gasteiger charge is -2.24. The van der Waals surface area contributed by atoms with Crippen LogP contribution in [0.2, 0.25) is 25.7 Å². The van der Waals surface area contributed by atoms with E-state index in [1.165, 1.54) is 14.2 Å². The first-order valence-corrected chi connectivity index (χ1v) is 21.8. The van der Waals surface area contributed by atoms with Crippen molar-refractivity contribution < 1.29 is 55.3 Å². The smallest absolute Gasteiger partial charge is 0.342 e. The molecule has 14 heteroatoms. The third-order valence-electron chi connectivity index (χ3n) is 7.33. The van der Waals surface area contributed by atoms with E-state index in [1.807, 2.05) is 6.08 Å². The molecule has 0 saturated carbocycles. The summed E-state index contributed by atoms with van der Waals surface area (Å²) in [6, 6.07) is 12.7. The van der Waals surface area contributed by atoms with Gasteiger partial charge in [-0.05, 0) is 62.6 Å². The molecule has 3 atom stereocenters. The predicted octanol–water partition coefficient (Wildman–Crippen LogP) is 6.24. The summed E-state index contributed by atoms with van der Waals surface area (Å²) < 4.78 is 68.2. The number of hydrogen-bond donors (Lipinski definition) is 0. The second-order valence-electron chi connectivity index (χ2n) is 13.3. The van der Waals surface area contributed by atoms with E-state index >= 15 is 0 Å². The lowest BCUT2D eigenvalue weighted by molar-refractivity contribution is -0.152. The Morgan fingerprint density at radius 1 is 1.00 bits per heavy atom. The molecule has 1 heterocycles. The van der Waals surface area contributed by atoms with Crippen molar-refractivity contribution >= 4 is 36.2 Å². The Bertz CT molecular complexity index is 1580. The van der Waals surface area contributed by atoms with Crippen LogP contribution in [0, 0.1) is 0 Å². The topological polar surface area (TPSA) is 142 Å². The molecule has 50 heavy (non-hydrogen) atoms. The normalized spacial score (nSPS) is 18.3. The van der Waals surface area contributed by atoms with Gasteiger partial charge in [0, 0.05) is 21.3 Å². The summed E-state index contributed by atoms with van der Waals surface area (Å²) in [6.45, 7) is 10.3. The minimum Gasteiger partial charge on any atom is -0.497 e. The highest BCUT2D eigenvalue weighted by atomic mass is 32.2. The highest BCUT2D eigenvalue weighted by Gasteiger charge is 2.45. The van der Waals surface area contributed by atoms with Crippen molar-refractivity contribution in [2.45, 2.75) is 76.5 Å². The Balaban J connectivity index is 1.91. The molecule has 1 fully saturated rings. The highest BCUT2D eigenvalue weighted by Crippen LogP contribution is 2.35. The molecule has 1 aliphatic heterocycles. The van der Waals surface area contributed by atoms with E-state index in [1.54, 1.807) is 74.5 Å². The van der Waals surface area contributed by atoms with Crippen molar-refractivity contribution in [1.29, 1.82) is 0 Å². The number of hydrogen-bond acceptors (Lipinski definition) is 12. The van der Waals surface area contributed by atoms with Crippen LogP contribution >= 0.6 is 0 Å². The van der Waals surface area contributed by atoms with Crippen LogP contribution < -0.4 is 9.47 Å². The third-order valence-corrected chi connectivity index (χ3v) is 9.63. The lowest BCUT2D eigenvalue weighted by Crippen LogP contribution is -2.37. The molecule has 276 valence electrons. The minimum absolute atomic E-state index is 0.0755. The molecule has 3 rings (SSSR count). The van der Waals surface area contributed by atoms with Crippen LogP contribution in [-0.4, -0.2) is 93.0 Å². The summed E-state index contributed by atoms with van der Waals surface area (Å²) in [5.41, 5.74) is 1.08. The second kappa shape index (κ2) is 18.6. The average Bonchev–Trinajstić information content (AvgIpc) is 3.35. The quantitative estimate of drug-likeness (QED) is 0.0403. The van der Waals surface area contributed by atoms with Crippen LogP contribution in [0.3, 0.4) is 0 Å². The maximum absolute atomic E-state index is 13.5. The number of benzene rings is 2. The van der Waals surface area contributed by atoms with E-state index in [2.05, 4.69) is 19.6 Å². The zero-order valence-electron chi connectivity index (χ0n) is 30.1. The first kappa shape index (κ1) is 40.9. The molecular weight excluding hydrogens is 685 g/mol. The molecule has 12 nitrogen and oxygen atoms in total. The SMILES string of the molecule is COCOc1cc(OC)cc(/C=C/C[C@@H]2OC(C)(C)OC2C(/C=C\CCOS(C)(=O)=O)OC(=O)c2ccccc2)c1C(=O)OCC[Si](C)(C)C. The standard InChI is InChI=1S/C36H50O12SSi/c1-36(2)47-30(33(48-36)29(18-12-13-20-45-49(5,39)40)46-34(37)26-15-10-9-11-16-26)19-14-17-27-23-28(42-4)24-31(44-25-41-3)32(27)35(38)43-21-22-50(6,7)8/h9-12,14-18,23-24,29-30,33H,13,19-22,25H2,1-8H3/b17-14+,18-12-/t29?,30-,33?/m0/s1. The van der Waals surface area contributed by atoms with E-state index in [0.717, 1.165) is 12.3 Å². The fourth-order valence-electron chi connectivity index (χ4n) is 4.97. The Labute approximate surface area is 296 Å². The molecule has 0 aliphatic carbocycles.